The Hall–Kier alpha value is -1.32. The lowest BCUT2D eigenvalue weighted by atomic mass is 9.95. The zero-order valence-electron chi connectivity index (χ0n) is 21.7. The normalized spacial score (nSPS) is 32.2. The number of rotatable bonds is 17. The van der Waals surface area contributed by atoms with Crippen LogP contribution in [0.25, 0.3) is 0 Å². The molecule has 1 aromatic rings. The minimum absolute atomic E-state index is 0.0184. The van der Waals surface area contributed by atoms with Crippen LogP contribution in [0.3, 0.4) is 0 Å². The SMILES string of the molecule is C=CCCCCCCCCCC1OC(COC2OC(CO)C(O)C2O)C(C)C1OCc1ccccc1. The Balaban J connectivity index is 1.47. The second-order valence-corrected chi connectivity index (χ2v) is 10.2. The van der Waals surface area contributed by atoms with Crippen molar-refractivity contribution in [3.63, 3.8) is 0 Å². The maximum atomic E-state index is 10.2. The molecular formula is C29H46O7. The van der Waals surface area contributed by atoms with Crippen LogP contribution in [-0.2, 0) is 25.6 Å². The van der Waals surface area contributed by atoms with Gasteiger partial charge in [-0.1, -0.05) is 81.9 Å². The van der Waals surface area contributed by atoms with E-state index in [1.807, 2.05) is 24.3 Å². The molecule has 2 fully saturated rings. The van der Waals surface area contributed by atoms with Gasteiger partial charge in [0.25, 0.3) is 0 Å². The van der Waals surface area contributed by atoms with Gasteiger partial charge < -0.3 is 34.3 Å². The fourth-order valence-electron chi connectivity index (χ4n) is 5.14. The molecule has 2 aliphatic rings. The smallest absolute Gasteiger partial charge is 0.186 e. The first-order valence-corrected chi connectivity index (χ1v) is 13.7. The Bertz CT molecular complexity index is 730. The molecule has 0 bridgehead atoms. The maximum absolute atomic E-state index is 10.2. The summed E-state index contributed by atoms with van der Waals surface area (Å²) in [6.45, 7) is 6.28. The highest BCUT2D eigenvalue weighted by Crippen LogP contribution is 2.34. The van der Waals surface area contributed by atoms with E-state index in [-0.39, 0.29) is 37.4 Å². The third-order valence-corrected chi connectivity index (χ3v) is 7.43. The predicted molar refractivity (Wildman–Crippen MR) is 138 cm³/mol. The van der Waals surface area contributed by atoms with E-state index in [1.165, 1.54) is 38.5 Å². The van der Waals surface area contributed by atoms with Gasteiger partial charge in [-0.05, 0) is 24.8 Å². The topological polar surface area (TPSA) is 97.6 Å². The van der Waals surface area contributed by atoms with Gasteiger partial charge in [0.15, 0.2) is 6.29 Å². The molecule has 36 heavy (non-hydrogen) atoms. The average molecular weight is 507 g/mol. The summed E-state index contributed by atoms with van der Waals surface area (Å²) in [5.74, 6) is 0.0979. The lowest BCUT2D eigenvalue weighted by molar-refractivity contribution is -0.186. The Morgan fingerprint density at radius 1 is 0.861 bits per heavy atom. The highest BCUT2D eigenvalue weighted by Gasteiger charge is 2.46. The highest BCUT2D eigenvalue weighted by molar-refractivity contribution is 5.13. The monoisotopic (exact) mass is 506 g/mol. The molecule has 2 saturated heterocycles. The number of hydrogen-bond acceptors (Lipinski definition) is 7. The summed E-state index contributed by atoms with van der Waals surface area (Å²) < 4.78 is 24.1. The molecule has 0 spiro atoms. The molecule has 204 valence electrons. The van der Waals surface area contributed by atoms with E-state index in [4.69, 9.17) is 18.9 Å². The zero-order chi connectivity index (χ0) is 25.8. The van der Waals surface area contributed by atoms with Crippen LogP contribution in [0, 0.1) is 5.92 Å². The molecule has 0 aliphatic carbocycles. The average Bonchev–Trinajstić information content (AvgIpc) is 3.35. The summed E-state index contributed by atoms with van der Waals surface area (Å²) in [4.78, 5) is 0. The second kappa shape index (κ2) is 15.8. The summed E-state index contributed by atoms with van der Waals surface area (Å²) in [5, 5.41) is 29.5. The first-order valence-electron chi connectivity index (χ1n) is 13.7. The van der Waals surface area contributed by atoms with E-state index < -0.39 is 24.6 Å². The van der Waals surface area contributed by atoms with Gasteiger partial charge in [-0.15, -0.1) is 6.58 Å². The summed E-state index contributed by atoms with van der Waals surface area (Å²) in [6, 6.07) is 10.2. The molecule has 8 unspecified atom stereocenters. The number of ether oxygens (including phenoxy) is 4. The minimum Gasteiger partial charge on any atom is -0.394 e. The fraction of sp³-hybridized carbons (Fsp3) is 0.724. The quantitative estimate of drug-likeness (QED) is 0.216. The number of hydrogen-bond donors (Lipinski definition) is 3. The third kappa shape index (κ3) is 8.62. The van der Waals surface area contributed by atoms with Crippen LogP contribution in [0.1, 0.15) is 70.3 Å². The van der Waals surface area contributed by atoms with Gasteiger partial charge in [0, 0.05) is 5.92 Å². The van der Waals surface area contributed by atoms with Crippen molar-refractivity contribution < 1.29 is 34.3 Å². The summed E-state index contributed by atoms with van der Waals surface area (Å²) in [5.41, 5.74) is 1.13. The summed E-state index contributed by atoms with van der Waals surface area (Å²) in [6.07, 6.45) is 8.17. The highest BCUT2D eigenvalue weighted by atomic mass is 16.7. The molecule has 2 aliphatic heterocycles. The molecule has 0 aromatic heterocycles. The predicted octanol–water partition coefficient (Wildman–Crippen LogP) is 4.13. The molecule has 2 heterocycles. The van der Waals surface area contributed by atoms with Gasteiger partial charge in [0.1, 0.15) is 18.3 Å². The fourth-order valence-corrected chi connectivity index (χ4v) is 5.14. The van der Waals surface area contributed by atoms with Crippen molar-refractivity contribution in [3.8, 4) is 0 Å². The van der Waals surface area contributed by atoms with Gasteiger partial charge in [0.2, 0.25) is 0 Å². The van der Waals surface area contributed by atoms with E-state index in [0.29, 0.717) is 6.61 Å². The Morgan fingerprint density at radius 3 is 2.22 bits per heavy atom. The van der Waals surface area contributed by atoms with Crippen LogP contribution in [0.4, 0.5) is 0 Å². The van der Waals surface area contributed by atoms with Crippen LogP contribution in [-0.4, -0.2) is 71.4 Å². The second-order valence-electron chi connectivity index (χ2n) is 10.2. The van der Waals surface area contributed by atoms with Crippen molar-refractivity contribution in [1.82, 2.24) is 0 Å². The first kappa shape index (κ1) is 29.2. The molecule has 7 nitrogen and oxygen atoms in total. The van der Waals surface area contributed by atoms with Gasteiger partial charge >= 0.3 is 0 Å². The minimum atomic E-state index is -1.20. The van der Waals surface area contributed by atoms with Crippen LogP contribution in [0.5, 0.6) is 0 Å². The number of aliphatic hydroxyl groups is 3. The standard InChI is InChI=1S/C29H46O7/c1-3-4-5-6-7-8-9-10-14-17-23-28(33-19-22-15-12-11-13-16-22)21(2)25(35-23)20-34-29-27(32)26(31)24(18-30)36-29/h3,11-13,15-16,21,23-32H,1,4-10,14,17-20H2,2H3. The largest absolute Gasteiger partial charge is 0.394 e. The Labute approximate surface area is 216 Å². The van der Waals surface area contributed by atoms with E-state index in [0.717, 1.165) is 24.8 Å². The number of aliphatic hydroxyl groups excluding tert-OH is 3. The summed E-state index contributed by atoms with van der Waals surface area (Å²) in [7, 11) is 0. The third-order valence-electron chi connectivity index (χ3n) is 7.43. The van der Waals surface area contributed by atoms with Crippen LogP contribution < -0.4 is 0 Å². The Morgan fingerprint density at radius 2 is 1.56 bits per heavy atom. The van der Waals surface area contributed by atoms with E-state index in [2.05, 4.69) is 25.6 Å². The zero-order valence-corrected chi connectivity index (χ0v) is 21.7. The van der Waals surface area contributed by atoms with Crippen LogP contribution in [0.2, 0.25) is 0 Å². The van der Waals surface area contributed by atoms with Crippen molar-refractivity contribution >= 4 is 0 Å². The van der Waals surface area contributed by atoms with Crippen molar-refractivity contribution in [2.75, 3.05) is 13.2 Å². The van der Waals surface area contributed by atoms with Crippen LogP contribution >= 0.6 is 0 Å². The lowest BCUT2D eigenvalue weighted by Gasteiger charge is -2.22. The van der Waals surface area contributed by atoms with Gasteiger partial charge in [-0.3, -0.25) is 0 Å². The van der Waals surface area contributed by atoms with E-state index >= 15 is 0 Å². The molecule has 3 rings (SSSR count). The lowest BCUT2D eigenvalue weighted by Crippen LogP contribution is -2.36. The molecule has 3 N–H and O–H groups in total. The van der Waals surface area contributed by atoms with Gasteiger partial charge in [-0.25, -0.2) is 0 Å². The molecular weight excluding hydrogens is 460 g/mol. The van der Waals surface area contributed by atoms with Crippen molar-refractivity contribution in [3.05, 3.63) is 48.6 Å². The summed E-state index contributed by atoms with van der Waals surface area (Å²) >= 11 is 0. The molecule has 0 saturated carbocycles. The van der Waals surface area contributed by atoms with Crippen molar-refractivity contribution in [1.29, 1.82) is 0 Å². The van der Waals surface area contributed by atoms with Crippen molar-refractivity contribution in [2.45, 2.75) is 114 Å². The van der Waals surface area contributed by atoms with Crippen LogP contribution in [0.15, 0.2) is 43.0 Å². The Kier molecular flexibility index (Phi) is 12.9. The number of allylic oxidation sites excluding steroid dienone is 1. The van der Waals surface area contributed by atoms with E-state index in [9.17, 15) is 15.3 Å². The molecule has 0 radical (unpaired) electrons. The molecule has 7 heteroatoms. The first-order chi connectivity index (χ1) is 17.5. The molecule has 0 amide bonds. The number of unbranched alkanes of at least 4 members (excludes halogenated alkanes) is 7. The van der Waals surface area contributed by atoms with Crippen molar-refractivity contribution in [2.24, 2.45) is 5.92 Å². The maximum Gasteiger partial charge on any atom is 0.186 e. The molecule has 1 aromatic carbocycles. The number of benzene rings is 1. The molecule has 8 atom stereocenters. The van der Waals surface area contributed by atoms with Gasteiger partial charge in [-0.2, -0.15) is 0 Å². The van der Waals surface area contributed by atoms with Gasteiger partial charge in [0.05, 0.1) is 38.1 Å². The van der Waals surface area contributed by atoms with E-state index in [1.54, 1.807) is 0 Å².